The minimum Gasteiger partial charge on any atom is -0.506 e. The second-order valence-electron chi connectivity index (χ2n) is 5.65. The lowest BCUT2D eigenvalue weighted by Gasteiger charge is -2.15. The lowest BCUT2D eigenvalue weighted by atomic mass is 10.1. The molecule has 0 saturated heterocycles. The van der Waals surface area contributed by atoms with Crippen molar-refractivity contribution in [3.8, 4) is 5.75 Å². The number of aryl methyl sites for hydroxylation is 2. The Balaban J connectivity index is 2.08. The minimum absolute atomic E-state index is 0.0161. The summed E-state index contributed by atoms with van der Waals surface area (Å²) in [6.45, 7) is 8.78. The van der Waals surface area contributed by atoms with Crippen molar-refractivity contribution in [2.75, 3.05) is 0 Å². The third kappa shape index (κ3) is 3.85. The zero-order valence-corrected chi connectivity index (χ0v) is 14.6. The molecule has 0 aliphatic carbocycles. The average Bonchev–Trinajstić information content (AvgIpc) is 2.77. The van der Waals surface area contributed by atoms with Gasteiger partial charge < -0.3 is 10.4 Å². The van der Waals surface area contributed by atoms with E-state index in [1.165, 1.54) is 6.07 Å². The monoisotopic (exact) mass is 335 g/mol. The van der Waals surface area contributed by atoms with Gasteiger partial charge in [-0.1, -0.05) is 17.7 Å². The average molecular weight is 336 g/mol. The Morgan fingerprint density at radius 1 is 1.43 bits per heavy atom. The van der Waals surface area contributed by atoms with Gasteiger partial charge in [0.05, 0.1) is 23.2 Å². The molecule has 23 heavy (non-hydrogen) atoms. The van der Waals surface area contributed by atoms with Crippen LogP contribution in [0.4, 0.5) is 0 Å². The van der Waals surface area contributed by atoms with Crippen LogP contribution in [0.5, 0.6) is 5.75 Å². The van der Waals surface area contributed by atoms with E-state index < -0.39 is 0 Å². The number of aromatic nitrogens is 2. The molecule has 1 aromatic carbocycles. The van der Waals surface area contributed by atoms with Crippen LogP contribution in [0.2, 0.25) is 5.02 Å². The number of phenols is 1. The van der Waals surface area contributed by atoms with E-state index in [9.17, 15) is 9.90 Å². The molecule has 124 valence electrons. The zero-order chi connectivity index (χ0) is 17.1. The molecular formula is C17H22ClN3O2. The number of aromatic hydroxyl groups is 1. The molecule has 2 N–H and O–H groups in total. The Morgan fingerprint density at radius 2 is 2.13 bits per heavy atom. The van der Waals surface area contributed by atoms with Crippen molar-refractivity contribution < 1.29 is 9.90 Å². The van der Waals surface area contributed by atoms with Gasteiger partial charge in [0.15, 0.2) is 0 Å². The van der Waals surface area contributed by atoms with Crippen LogP contribution in [0, 0.1) is 13.8 Å². The van der Waals surface area contributed by atoms with E-state index in [0.29, 0.717) is 0 Å². The standard InChI is InChI=1S/C17H22ClN3O2/c1-5-21-12(4)17(11(3)20-21)10(2)19-16(23)9-13-6-7-15(22)14(18)8-13/h6-8,10,22H,5,9H2,1-4H3,(H,19,23)/t10-/m0/s1. The predicted octanol–water partition coefficient (Wildman–Crippen LogP) is 3.30. The Kier molecular flexibility index (Phi) is 5.31. The van der Waals surface area contributed by atoms with Crippen LogP contribution in [0.15, 0.2) is 18.2 Å². The second kappa shape index (κ2) is 7.04. The largest absolute Gasteiger partial charge is 0.506 e. The highest BCUT2D eigenvalue weighted by Gasteiger charge is 2.19. The lowest BCUT2D eigenvalue weighted by molar-refractivity contribution is -0.121. The Labute approximate surface area is 141 Å². The number of rotatable bonds is 5. The van der Waals surface area contributed by atoms with Gasteiger partial charge >= 0.3 is 0 Å². The van der Waals surface area contributed by atoms with Gasteiger partial charge in [-0.2, -0.15) is 5.10 Å². The molecular weight excluding hydrogens is 314 g/mol. The van der Waals surface area contributed by atoms with Crippen LogP contribution in [-0.4, -0.2) is 20.8 Å². The summed E-state index contributed by atoms with van der Waals surface area (Å²) in [5, 5.41) is 17.1. The molecule has 1 atom stereocenters. The molecule has 0 unspecified atom stereocenters. The van der Waals surface area contributed by atoms with Crippen molar-refractivity contribution in [1.82, 2.24) is 15.1 Å². The number of amides is 1. The van der Waals surface area contributed by atoms with E-state index in [-0.39, 0.29) is 29.1 Å². The Morgan fingerprint density at radius 3 is 2.70 bits per heavy atom. The zero-order valence-electron chi connectivity index (χ0n) is 13.9. The maximum atomic E-state index is 12.2. The maximum absolute atomic E-state index is 12.2. The first-order chi connectivity index (χ1) is 10.8. The van der Waals surface area contributed by atoms with E-state index in [2.05, 4.69) is 10.4 Å². The quantitative estimate of drug-likeness (QED) is 0.881. The molecule has 6 heteroatoms. The molecule has 2 aromatic rings. The summed E-state index contributed by atoms with van der Waals surface area (Å²) in [5.41, 5.74) is 3.83. The normalized spacial score (nSPS) is 12.2. The van der Waals surface area contributed by atoms with Gasteiger partial charge in [0.1, 0.15) is 5.75 Å². The first kappa shape index (κ1) is 17.3. The Bertz CT molecular complexity index is 725. The highest BCUT2D eigenvalue weighted by molar-refractivity contribution is 6.32. The van der Waals surface area contributed by atoms with Gasteiger partial charge in [-0.25, -0.2) is 0 Å². The van der Waals surface area contributed by atoms with E-state index >= 15 is 0 Å². The molecule has 1 heterocycles. The number of benzene rings is 1. The molecule has 0 saturated carbocycles. The summed E-state index contributed by atoms with van der Waals surface area (Å²) in [6.07, 6.45) is 0.213. The topological polar surface area (TPSA) is 67.2 Å². The van der Waals surface area contributed by atoms with Crippen molar-refractivity contribution >= 4 is 17.5 Å². The van der Waals surface area contributed by atoms with Gasteiger partial charge in [-0.15, -0.1) is 0 Å². The second-order valence-corrected chi connectivity index (χ2v) is 6.06. The van der Waals surface area contributed by atoms with Crippen LogP contribution in [0.25, 0.3) is 0 Å². The minimum atomic E-state index is -0.115. The molecule has 0 fully saturated rings. The molecule has 1 aromatic heterocycles. The third-order valence-electron chi connectivity index (χ3n) is 3.92. The first-order valence-corrected chi connectivity index (χ1v) is 8.02. The fourth-order valence-electron chi connectivity index (χ4n) is 2.86. The van der Waals surface area contributed by atoms with Crippen LogP contribution >= 0.6 is 11.6 Å². The fourth-order valence-corrected chi connectivity index (χ4v) is 3.06. The van der Waals surface area contributed by atoms with E-state index in [4.69, 9.17) is 11.6 Å². The predicted molar refractivity (Wildman–Crippen MR) is 90.8 cm³/mol. The van der Waals surface area contributed by atoms with Crippen molar-refractivity contribution in [3.05, 3.63) is 45.7 Å². The van der Waals surface area contributed by atoms with Gasteiger partial charge in [-0.05, 0) is 45.4 Å². The van der Waals surface area contributed by atoms with Crippen LogP contribution in [0.1, 0.15) is 42.4 Å². The van der Waals surface area contributed by atoms with E-state index in [1.807, 2.05) is 32.4 Å². The lowest BCUT2D eigenvalue weighted by Crippen LogP contribution is -2.28. The Hall–Kier alpha value is -2.01. The van der Waals surface area contributed by atoms with Crippen molar-refractivity contribution in [3.63, 3.8) is 0 Å². The number of nitrogens with one attached hydrogen (secondary N) is 1. The summed E-state index contributed by atoms with van der Waals surface area (Å²) < 4.78 is 1.94. The third-order valence-corrected chi connectivity index (χ3v) is 4.23. The highest BCUT2D eigenvalue weighted by Crippen LogP contribution is 2.24. The van der Waals surface area contributed by atoms with Gasteiger partial charge in [-0.3, -0.25) is 9.48 Å². The van der Waals surface area contributed by atoms with Crippen LogP contribution in [-0.2, 0) is 17.8 Å². The van der Waals surface area contributed by atoms with E-state index in [0.717, 1.165) is 29.1 Å². The molecule has 1 amide bonds. The van der Waals surface area contributed by atoms with Gasteiger partial charge in [0.25, 0.3) is 0 Å². The number of halogens is 1. The SMILES string of the molecule is CCn1nc(C)c([C@H](C)NC(=O)Cc2ccc(O)c(Cl)c2)c1C. The summed E-state index contributed by atoms with van der Waals surface area (Å²) >= 11 is 5.87. The molecule has 0 bridgehead atoms. The van der Waals surface area contributed by atoms with Crippen LogP contribution in [0.3, 0.4) is 0 Å². The highest BCUT2D eigenvalue weighted by atomic mass is 35.5. The molecule has 5 nitrogen and oxygen atoms in total. The first-order valence-electron chi connectivity index (χ1n) is 7.64. The summed E-state index contributed by atoms with van der Waals surface area (Å²) in [7, 11) is 0. The molecule has 0 aliphatic heterocycles. The smallest absolute Gasteiger partial charge is 0.224 e. The maximum Gasteiger partial charge on any atom is 0.224 e. The molecule has 0 radical (unpaired) electrons. The number of carbonyl (C=O) groups excluding carboxylic acids is 1. The fraction of sp³-hybridized carbons (Fsp3) is 0.412. The number of hydrogen-bond donors (Lipinski definition) is 2. The van der Waals surface area contributed by atoms with Gasteiger partial charge in [0, 0.05) is 17.8 Å². The number of phenolic OH excluding ortho intramolecular Hbond substituents is 1. The van der Waals surface area contributed by atoms with Crippen molar-refractivity contribution in [2.45, 2.75) is 46.7 Å². The van der Waals surface area contributed by atoms with Crippen molar-refractivity contribution in [2.24, 2.45) is 0 Å². The summed E-state index contributed by atoms with van der Waals surface area (Å²) in [4.78, 5) is 12.2. The van der Waals surface area contributed by atoms with E-state index in [1.54, 1.807) is 12.1 Å². The summed E-state index contributed by atoms with van der Waals surface area (Å²) in [6, 6.07) is 4.67. The molecule has 0 aliphatic rings. The molecule has 0 spiro atoms. The van der Waals surface area contributed by atoms with Crippen molar-refractivity contribution in [1.29, 1.82) is 0 Å². The van der Waals surface area contributed by atoms with Crippen LogP contribution < -0.4 is 5.32 Å². The number of hydrogen-bond acceptors (Lipinski definition) is 3. The number of nitrogens with zero attached hydrogens (tertiary/aromatic N) is 2. The van der Waals surface area contributed by atoms with Gasteiger partial charge in [0.2, 0.25) is 5.91 Å². The summed E-state index contributed by atoms with van der Waals surface area (Å²) in [5.74, 6) is -0.0790. The number of carbonyl (C=O) groups is 1. The molecule has 2 rings (SSSR count).